The Labute approximate surface area is 186 Å². The van der Waals surface area contributed by atoms with Crippen LogP contribution in [-0.4, -0.2) is 55.8 Å². The van der Waals surface area contributed by atoms with Crippen LogP contribution in [0.3, 0.4) is 0 Å². The van der Waals surface area contributed by atoms with E-state index >= 15 is 0 Å². The number of nitrogens with one attached hydrogen (secondary N) is 1. The van der Waals surface area contributed by atoms with Crippen LogP contribution in [0, 0.1) is 6.92 Å². The average molecular weight is 449 g/mol. The molecule has 1 fully saturated rings. The summed E-state index contributed by atoms with van der Waals surface area (Å²) >= 11 is -0.122. The third-order valence-electron chi connectivity index (χ3n) is 5.68. The minimum absolute atomic E-state index is 0.266. The molecule has 164 valence electrons. The van der Waals surface area contributed by atoms with E-state index in [4.69, 9.17) is 0 Å². The third-order valence-corrected chi connectivity index (χ3v) is 7.51. The first kappa shape index (κ1) is 23.3. The molecule has 0 saturated carbocycles. The molecular weight excluding hydrogens is 416 g/mol. The second-order valence-electron chi connectivity index (χ2n) is 8.32. The lowest BCUT2D eigenvalue weighted by Gasteiger charge is -2.36. The number of aliphatic hydroxyl groups is 1. The maximum absolute atomic E-state index is 11.3. The monoisotopic (exact) mass is 448 g/mol. The Balaban J connectivity index is 1.63. The van der Waals surface area contributed by atoms with Crippen molar-refractivity contribution in [3.05, 3.63) is 54.1 Å². The van der Waals surface area contributed by atoms with Crippen LogP contribution in [0.1, 0.15) is 31.7 Å². The van der Waals surface area contributed by atoms with E-state index < -0.39 is 16.7 Å². The molecule has 5 nitrogen and oxygen atoms in total. The van der Waals surface area contributed by atoms with Gasteiger partial charge >= 0.3 is 0 Å². The van der Waals surface area contributed by atoms with Gasteiger partial charge in [0.15, 0.2) is 11.1 Å². The number of thioether (sulfide) groups is 1. The van der Waals surface area contributed by atoms with Crippen molar-refractivity contribution in [1.82, 2.24) is 4.90 Å². The second kappa shape index (κ2) is 10.8. The smallest absolute Gasteiger partial charge is 0.186 e. The summed E-state index contributed by atoms with van der Waals surface area (Å²) in [6.07, 6.45) is 2.64. The Bertz CT molecular complexity index is 836. The fourth-order valence-electron chi connectivity index (χ4n) is 3.63. The highest BCUT2D eigenvalue weighted by molar-refractivity contribution is 7.99. The van der Waals surface area contributed by atoms with Gasteiger partial charge in [0.1, 0.15) is 0 Å². The van der Waals surface area contributed by atoms with E-state index in [1.165, 1.54) is 4.90 Å². The molecule has 2 aromatic carbocycles. The minimum atomic E-state index is -1.96. The Kier molecular flexibility index (Phi) is 8.36. The predicted octanol–water partition coefficient (Wildman–Crippen LogP) is 4.39. The topological polar surface area (TPSA) is 72.8 Å². The molecule has 1 unspecified atom stereocenters. The molecule has 3 rings (SSSR count). The lowest BCUT2D eigenvalue weighted by Crippen LogP contribution is -2.43. The van der Waals surface area contributed by atoms with E-state index in [-0.39, 0.29) is 6.04 Å². The fourth-order valence-corrected chi connectivity index (χ4v) is 5.09. The van der Waals surface area contributed by atoms with Crippen LogP contribution < -0.4 is 5.32 Å². The molecule has 7 heteroatoms. The molecule has 1 heterocycles. The zero-order chi connectivity index (χ0) is 21.6. The second-order valence-corrected chi connectivity index (χ2v) is 10.4. The van der Waals surface area contributed by atoms with Crippen LogP contribution in [0.25, 0.3) is 0 Å². The standard InChI is InChI=1S/C23H32N2O3S2/c1-18-16-21(30(27)28)8-9-22(18)24-19(17-29-20-6-4-3-5-7-20)10-13-25-14-11-23(2,26)12-15-25/h3-9,16,19,24,26H,10-15,17H2,1-2H3,(H,27,28)/t19-/m1/s1. The highest BCUT2D eigenvalue weighted by atomic mass is 32.2. The van der Waals surface area contributed by atoms with E-state index in [9.17, 15) is 13.9 Å². The molecule has 3 N–H and O–H groups in total. The summed E-state index contributed by atoms with van der Waals surface area (Å²) in [6.45, 7) is 6.74. The lowest BCUT2D eigenvalue weighted by atomic mass is 9.94. The molecule has 0 aromatic heterocycles. The lowest BCUT2D eigenvalue weighted by molar-refractivity contribution is -0.00555. The first-order valence-electron chi connectivity index (χ1n) is 10.4. The zero-order valence-corrected chi connectivity index (χ0v) is 19.3. The van der Waals surface area contributed by atoms with Gasteiger partial charge in [0.05, 0.1) is 10.5 Å². The van der Waals surface area contributed by atoms with Gasteiger partial charge in [-0.3, -0.25) is 0 Å². The van der Waals surface area contributed by atoms with Crippen molar-refractivity contribution in [2.24, 2.45) is 0 Å². The van der Waals surface area contributed by atoms with E-state index in [2.05, 4.69) is 34.5 Å². The Morgan fingerprint density at radius 3 is 2.53 bits per heavy atom. The first-order chi connectivity index (χ1) is 14.3. The molecule has 0 bridgehead atoms. The SMILES string of the molecule is Cc1cc(S(=O)O)ccc1N[C@H](CCN1CCC(C)(O)CC1)CSc1ccccc1. The van der Waals surface area contributed by atoms with Crippen molar-refractivity contribution in [3.63, 3.8) is 0 Å². The van der Waals surface area contributed by atoms with E-state index in [1.54, 1.807) is 12.1 Å². The van der Waals surface area contributed by atoms with Gasteiger partial charge in [0.25, 0.3) is 0 Å². The summed E-state index contributed by atoms with van der Waals surface area (Å²) < 4.78 is 20.7. The van der Waals surface area contributed by atoms with Crippen LogP contribution in [-0.2, 0) is 11.1 Å². The molecule has 30 heavy (non-hydrogen) atoms. The number of hydrogen-bond acceptors (Lipinski definition) is 5. The number of nitrogens with zero attached hydrogens (tertiary/aromatic N) is 1. The largest absolute Gasteiger partial charge is 0.390 e. The van der Waals surface area contributed by atoms with Crippen LogP contribution in [0.5, 0.6) is 0 Å². The molecule has 0 aliphatic carbocycles. The van der Waals surface area contributed by atoms with Gasteiger partial charge in [-0.1, -0.05) is 18.2 Å². The van der Waals surface area contributed by atoms with Gasteiger partial charge in [-0.25, -0.2) is 4.21 Å². The molecule has 2 atom stereocenters. The van der Waals surface area contributed by atoms with Crippen LogP contribution in [0.4, 0.5) is 5.69 Å². The highest BCUT2D eigenvalue weighted by Crippen LogP contribution is 2.25. The van der Waals surface area contributed by atoms with Gasteiger partial charge in [-0.2, -0.15) is 0 Å². The van der Waals surface area contributed by atoms with Gasteiger partial charge in [0.2, 0.25) is 0 Å². The van der Waals surface area contributed by atoms with Crippen molar-refractivity contribution < 1.29 is 13.9 Å². The molecule has 1 aliphatic heterocycles. The van der Waals surface area contributed by atoms with Crippen LogP contribution in [0.15, 0.2) is 58.3 Å². The molecule has 0 amide bonds. The average Bonchev–Trinajstić information content (AvgIpc) is 2.72. The molecule has 0 radical (unpaired) electrons. The number of hydrogen-bond donors (Lipinski definition) is 3. The number of rotatable bonds is 9. The summed E-state index contributed by atoms with van der Waals surface area (Å²) in [5.74, 6) is 0.933. The number of aryl methyl sites for hydroxylation is 1. The summed E-state index contributed by atoms with van der Waals surface area (Å²) in [7, 11) is 0. The number of anilines is 1. The maximum atomic E-state index is 11.3. The normalized spacial score (nSPS) is 18.7. The first-order valence-corrected chi connectivity index (χ1v) is 12.5. The quantitative estimate of drug-likeness (QED) is 0.390. The van der Waals surface area contributed by atoms with Gasteiger partial charge < -0.3 is 19.9 Å². The zero-order valence-electron chi connectivity index (χ0n) is 17.7. The Hall–Kier alpha value is -1.38. The summed E-state index contributed by atoms with van der Waals surface area (Å²) in [6, 6.07) is 16.0. The highest BCUT2D eigenvalue weighted by Gasteiger charge is 2.27. The number of benzene rings is 2. The molecule has 1 saturated heterocycles. The summed E-state index contributed by atoms with van der Waals surface area (Å²) in [4.78, 5) is 4.11. The van der Waals surface area contributed by atoms with Crippen LogP contribution >= 0.6 is 11.8 Å². The number of likely N-dealkylation sites (tertiary alicyclic amines) is 1. The van der Waals surface area contributed by atoms with Crippen molar-refractivity contribution in [2.45, 2.75) is 54.5 Å². The Morgan fingerprint density at radius 1 is 1.20 bits per heavy atom. The van der Waals surface area contributed by atoms with Crippen molar-refractivity contribution in [3.8, 4) is 0 Å². The van der Waals surface area contributed by atoms with Crippen molar-refractivity contribution in [2.75, 3.05) is 30.7 Å². The van der Waals surface area contributed by atoms with Crippen molar-refractivity contribution in [1.29, 1.82) is 0 Å². The molecule has 2 aromatic rings. The van der Waals surface area contributed by atoms with Crippen molar-refractivity contribution >= 4 is 28.5 Å². The Morgan fingerprint density at radius 2 is 1.90 bits per heavy atom. The van der Waals surface area contributed by atoms with E-state index in [0.717, 1.165) is 55.9 Å². The maximum Gasteiger partial charge on any atom is 0.186 e. The van der Waals surface area contributed by atoms with Gasteiger partial charge in [-0.05, 0) is 69.0 Å². The fraction of sp³-hybridized carbons (Fsp3) is 0.478. The molecule has 0 spiro atoms. The molecular formula is C23H32N2O3S2. The van der Waals surface area contributed by atoms with Gasteiger partial charge in [0, 0.05) is 42.0 Å². The van der Waals surface area contributed by atoms with E-state index in [1.807, 2.05) is 37.7 Å². The van der Waals surface area contributed by atoms with Gasteiger partial charge in [-0.15, -0.1) is 11.8 Å². The third kappa shape index (κ3) is 7.10. The van der Waals surface area contributed by atoms with E-state index in [0.29, 0.717) is 4.90 Å². The number of piperidine rings is 1. The minimum Gasteiger partial charge on any atom is -0.390 e. The predicted molar refractivity (Wildman–Crippen MR) is 126 cm³/mol. The summed E-state index contributed by atoms with van der Waals surface area (Å²) in [5.41, 5.74) is 1.45. The summed E-state index contributed by atoms with van der Waals surface area (Å²) in [5, 5.41) is 13.8. The van der Waals surface area contributed by atoms with Crippen LogP contribution in [0.2, 0.25) is 0 Å². The molecule has 1 aliphatic rings.